The van der Waals surface area contributed by atoms with Gasteiger partial charge in [0.25, 0.3) is 0 Å². The molecule has 0 aromatic heterocycles. The molecule has 23 heavy (non-hydrogen) atoms. The van der Waals surface area contributed by atoms with Gasteiger partial charge in [0.05, 0.1) is 13.3 Å². The van der Waals surface area contributed by atoms with Crippen molar-refractivity contribution in [2.45, 2.75) is 12.7 Å². The molecular weight excluding hydrogens is 374 g/mol. The van der Waals surface area contributed by atoms with E-state index in [4.69, 9.17) is 10.5 Å². The molecule has 0 atom stereocenters. The van der Waals surface area contributed by atoms with Gasteiger partial charge in [0.1, 0.15) is 5.75 Å². The summed E-state index contributed by atoms with van der Waals surface area (Å²) in [4.78, 5) is 0. The molecule has 0 aliphatic rings. The Labute approximate surface area is 149 Å². The van der Waals surface area contributed by atoms with Gasteiger partial charge in [-0.15, -0.1) is 5.10 Å². The number of methoxy groups -OCH3 is 1. The van der Waals surface area contributed by atoms with Crippen molar-refractivity contribution < 1.29 is 4.74 Å². The first-order valence-corrected chi connectivity index (χ1v) is 8.75. The molecular formula is C17H18BrN3OS. The van der Waals surface area contributed by atoms with E-state index >= 15 is 0 Å². The Morgan fingerprint density at radius 2 is 2.04 bits per heavy atom. The predicted octanol–water partition coefficient (Wildman–Crippen LogP) is 4.35. The van der Waals surface area contributed by atoms with Gasteiger partial charge in [0.2, 0.25) is 0 Å². The van der Waals surface area contributed by atoms with E-state index in [2.05, 4.69) is 38.3 Å². The number of rotatable bonds is 5. The third-order valence-corrected chi connectivity index (χ3v) is 4.80. The maximum Gasteiger partial charge on any atom is 0.180 e. The Kier molecular flexibility index (Phi) is 6.67. The third kappa shape index (κ3) is 5.41. The van der Waals surface area contributed by atoms with Crippen LogP contribution in [0.2, 0.25) is 0 Å². The average molecular weight is 392 g/mol. The fourth-order valence-electron chi connectivity index (χ4n) is 1.86. The van der Waals surface area contributed by atoms with Crippen molar-refractivity contribution >= 4 is 39.1 Å². The lowest BCUT2D eigenvalue weighted by atomic mass is 10.1. The van der Waals surface area contributed by atoms with Crippen molar-refractivity contribution in [2.24, 2.45) is 15.9 Å². The van der Waals surface area contributed by atoms with Gasteiger partial charge in [-0.2, -0.15) is 5.10 Å². The Bertz CT molecular complexity index is 717. The average Bonchev–Trinajstić information content (AvgIpc) is 2.57. The Morgan fingerprint density at radius 1 is 1.30 bits per heavy atom. The summed E-state index contributed by atoms with van der Waals surface area (Å²) in [5.41, 5.74) is 9.01. The number of hydrogen-bond acceptors (Lipinski definition) is 4. The summed E-state index contributed by atoms with van der Waals surface area (Å²) >= 11 is 4.95. The standard InChI is InChI=1S/C17H18BrN3OS/c1-12-8-16(22-2)14(9-15(12)18)10-20-21-17(19)23-11-13-6-4-3-5-7-13/h3-10H,11H2,1-2H3,(H2,19,21). The van der Waals surface area contributed by atoms with Crippen LogP contribution in [0.25, 0.3) is 0 Å². The minimum Gasteiger partial charge on any atom is -0.496 e. The quantitative estimate of drug-likeness (QED) is 0.468. The van der Waals surface area contributed by atoms with E-state index in [1.807, 2.05) is 37.3 Å². The van der Waals surface area contributed by atoms with E-state index in [9.17, 15) is 0 Å². The van der Waals surface area contributed by atoms with E-state index in [1.54, 1.807) is 13.3 Å². The number of amidine groups is 1. The van der Waals surface area contributed by atoms with Gasteiger partial charge in [0.15, 0.2) is 5.17 Å². The summed E-state index contributed by atoms with van der Waals surface area (Å²) in [5.74, 6) is 1.52. The summed E-state index contributed by atoms with van der Waals surface area (Å²) in [6.45, 7) is 2.00. The fourth-order valence-corrected chi connectivity index (χ4v) is 2.83. The second kappa shape index (κ2) is 8.74. The highest BCUT2D eigenvalue weighted by Gasteiger charge is 2.04. The Morgan fingerprint density at radius 3 is 2.74 bits per heavy atom. The van der Waals surface area contributed by atoms with Crippen LogP contribution >= 0.6 is 27.7 Å². The number of ether oxygens (including phenoxy) is 1. The van der Waals surface area contributed by atoms with Crippen molar-refractivity contribution in [1.82, 2.24) is 0 Å². The second-order valence-electron chi connectivity index (χ2n) is 4.80. The van der Waals surface area contributed by atoms with Gasteiger partial charge in [-0.25, -0.2) is 0 Å². The van der Waals surface area contributed by atoms with Crippen molar-refractivity contribution in [3.63, 3.8) is 0 Å². The van der Waals surface area contributed by atoms with Crippen LogP contribution in [-0.4, -0.2) is 18.5 Å². The molecule has 0 aliphatic carbocycles. The van der Waals surface area contributed by atoms with Crippen LogP contribution < -0.4 is 10.5 Å². The first-order valence-electron chi connectivity index (χ1n) is 6.97. The number of nitrogens with two attached hydrogens (primary N) is 1. The molecule has 6 heteroatoms. The number of thioether (sulfide) groups is 1. The lowest BCUT2D eigenvalue weighted by molar-refractivity contribution is 0.413. The Hall–Kier alpha value is -1.79. The summed E-state index contributed by atoms with van der Waals surface area (Å²) in [6.07, 6.45) is 1.64. The normalized spacial score (nSPS) is 11.9. The molecule has 0 saturated heterocycles. The summed E-state index contributed by atoms with van der Waals surface area (Å²) in [5, 5.41) is 8.49. The molecule has 0 fully saturated rings. The van der Waals surface area contributed by atoms with Crippen LogP contribution in [0.3, 0.4) is 0 Å². The van der Waals surface area contributed by atoms with Crippen LogP contribution in [0.4, 0.5) is 0 Å². The molecule has 2 aromatic rings. The maximum atomic E-state index is 5.87. The van der Waals surface area contributed by atoms with Gasteiger partial charge < -0.3 is 10.5 Å². The topological polar surface area (TPSA) is 60.0 Å². The molecule has 2 aromatic carbocycles. The molecule has 0 unspecified atom stereocenters. The van der Waals surface area contributed by atoms with Gasteiger partial charge in [-0.3, -0.25) is 0 Å². The minimum atomic E-state index is 0.426. The van der Waals surface area contributed by atoms with Gasteiger partial charge in [-0.05, 0) is 30.2 Å². The molecule has 0 spiro atoms. The first kappa shape index (κ1) is 17.6. The molecule has 4 nitrogen and oxygen atoms in total. The molecule has 0 bridgehead atoms. The van der Waals surface area contributed by atoms with Crippen LogP contribution in [0, 0.1) is 6.92 Å². The van der Waals surface area contributed by atoms with E-state index < -0.39 is 0 Å². The van der Waals surface area contributed by atoms with Crippen molar-refractivity contribution in [3.05, 3.63) is 63.6 Å². The second-order valence-corrected chi connectivity index (χ2v) is 6.65. The summed E-state index contributed by atoms with van der Waals surface area (Å²) in [6, 6.07) is 14.0. The highest BCUT2D eigenvalue weighted by atomic mass is 79.9. The molecule has 2 rings (SSSR count). The van der Waals surface area contributed by atoms with E-state index in [0.29, 0.717) is 5.17 Å². The molecule has 0 saturated carbocycles. The summed E-state index contributed by atoms with van der Waals surface area (Å²) < 4.78 is 6.34. The largest absolute Gasteiger partial charge is 0.496 e. The molecule has 2 N–H and O–H groups in total. The zero-order valence-electron chi connectivity index (χ0n) is 13.0. The lowest BCUT2D eigenvalue weighted by Crippen LogP contribution is -2.06. The lowest BCUT2D eigenvalue weighted by Gasteiger charge is -2.07. The highest BCUT2D eigenvalue weighted by Crippen LogP contribution is 2.25. The predicted molar refractivity (Wildman–Crippen MR) is 102 cm³/mol. The number of nitrogens with zero attached hydrogens (tertiary/aromatic N) is 2. The van der Waals surface area contributed by atoms with Gasteiger partial charge in [-0.1, -0.05) is 58.0 Å². The minimum absolute atomic E-state index is 0.426. The molecule has 0 heterocycles. The van der Waals surface area contributed by atoms with E-state index in [0.717, 1.165) is 27.1 Å². The van der Waals surface area contributed by atoms with Crippen LogP contribution in [0.1, 0.15) is 16.7 Å². The SMILES string of the molecule is COc1cc(C)c(Br)cc1C=NN=C(N)SCc1ccccc1. The van der Waals surface area contributed by atoms with Crippen LogP contribution in [0.15, 0.2) is 57.1 Å². The summed E-state index contributed by atoms with van der Waals surface area (Å²) in [7, 11) is 1.63. The fraction of sp³-hybridized carbons (Fsp3) is 0.176. The van der Waals surface area contributed by atoms with E-state index in [-0.39, 0.29) is 0 Å². The molecule has 0 amide bonds. The Balaban J connectivity index is 2.01. The van der Waals surface area contributed by atoms with Gasteiger partial charge in [0, 0.05) is 15.8 Å². The third-order valence-electron chi connectivity index (χ3n) is 3.09. The number of benzene rings is 2. The molecule has 0 aliphatic heterocycles. The maximum absolute atomic E-state index is 5.87. The van der Waals surface area contributed by atoms with Crippen molar-refractivity contribution in [3.8, 4) is 5.75 Å². The van der Waals surface area contributed by atoms with Gasteiger partial charge >= 0.3 is 0 Å². The zero-order valence-corrected chi connectivity index (χ0v) is 15.4. The van der Waals surface area contributed by atoms with Crippen molar-refractivity contribution in [1.29, 1.82) is 0 Å². The molecule has 0 radical (unpaired) electrons. The van der Waals surface area contributed by atoms with Crippen LogP contribution in [-0.2, 0) is 5.75 Å². The zero-order chi connectivity index (χ0) is 16.7. The first-order chi connectivity index (χ1) is 11.1. The number of aryl methyl sites for hydroxylation is 1. The number of halogens is 1. The smallest absolute Gasteiger partial charge is 0.180 e. The molecule has 120 valence electrons. The number of hydrogen-bond donors (Lipinski definition) is 1. The van der Waals surface area contributed by atoms with E-state index in [1.165, 1.54) is 17.3 Å². The monoisotopic (exact) mass is 391 g/mol. The van der Waals surface area contributed by atoms with Crippen molar-refractivity contribution in [2.75, 3.05) is 7.11 Å². The highest BCUT2D eigenvalue weighted by molar-refractivity contribution is 9.10. The van der Waals surface area contributed by atoms with Crippen LogP contribution in [0.5, 0.6) is 5.75 Å².